The lowest BCUT2D eigenvalue weighted by Gasteiger charge is -2.42. The van der Waals surface area contributed by atoms with Crippen LogP contribution in [0.1, 0.15) is 42.4 Å². The van der Waals surface area contributed by atoms with Crippen LogP contribution in [0.3, 0.4) is 0 Å². The summed E-state index contributed by atoms with van der Waals surface area (Å²) in [5, 5.41) is 16.3. The Labute approximate surface area is 286 Å². The molecule has 4 amide bonds. The summed E-state index contributed by atoms with van der Waals surface area (Å²) in [4.78, 5) is 49.7. The molecule has 5 heterocycles. The van der Waals surface area contributed by atoms with Crippen molar-refractivity contribution in [1.29, 1.82) is 0 Å². The van der Waals surface area contributed by atoms with Gasteiger partial charge in [0.2, 0.25) is 0 Å². The van der Waals surface area contributed by atoms with Gasteiger partial charge in [0, 0.05) is 81.8 Å². The van der Waals surface area contributed by atoms with Crippen molar-refractivity contribution < 1.29 is 37.4 Å². The number of carbonyl (C=O) groups excluding carboxylic acids is 3. The maximum Gasteiger partial charge on any atom is 0.420 e. The Morgan fingerprint density at radius 1 is 1.00 bits per heavy atom. The first-order chi connectivity index (χ1) is 22.9. The summed E-state index contributed by atoms with van der Waals surface area (Å²) in [6.07, 6.45) is -4.89. The van der Waals surface area contributed by atoms with Gasteiger partial charge in [-0.3, -0.25) is 9.69 Å². The third kappa shape index (κ3) is 7.63. The van der Waals surface area contributed by atoms with Gasteiger partial charge in [-0.05, 0) is 55.8 Å². The Morgan fingerprint density at radius 3 is 2.31 bits per heavy atom. The minimum absolute atomic E-state index is 0.00576. The summed E-state index contributed by atoms with van der Waals surface area (Å²) >= 11 is 7.49. The lowest BCUT2D eigenvalue weighted by Crippen LogP contribution is -2.54. The Morgan fingerprint density at radius 2 is 1.65 bits per heavy atom. The zero-order chi connectivity index (χ0) is 34.2. The number of nitrogens with zero attached hydrogens (tertiary/aromatic N) is 5. The van der Waals surface area contributed by atoms with E-state index in [1.54, 1.807) is 9.80 Å². The number of urea groups is 1. The highest BCUT2D eigenvalue weighted by Gasteiger charge is 2.39. The lowest BCUT2D eigenvalue weighted by atomic mass is 9.99. The highest BCUT2D eigenvalue weighted by atomic mass is 35.5. The number of likely N-dealkylation sites (N-methyl/N-ethyl adjacent to an activating group) is 1. The van der Waals surface area contributed by atoms with Gasteiger partial charge in [-0.15, -0.1) is 11.3 Å². The normalized spacial score (nSPS) is 21.2. The molecule has 0 aliphatic carbocycles. The van der Waals surface area contributed by atoms with Crippen molar-refractivity contribution in [3.63, 3.8) is 0 Å². The lowest BCUT2D eigenvalue weighted by molar-refractivity contribution is -0.142. The molecule has 3 saturated heterocycles. The van der Waals surface area contributed by atoms with Gasteiger partial charge < -0.3 is 34.8 Å². The molecule has 16 heteroatoms. The molecule has 1 atom stereocenters. The molecule has 262 valence electrons. The third-order valence-electron chi connectivity index (χ3n) is 9.95. The Hall–Kier alpha value is -3.27. The van der Waals surface area contributed by atoms with E-state index in [1.807, 2.05) is 10.8 Å². The van der Waals surface area contributed by atoms with Crippen molar-refractivity contribution in [2.75, 3.05) is 64.7 Å². The molecule has 11 nitrogen and oxygen atoms in total. The number of aromatic hydroxyl groups is 1. The van der Waals surface area contributed by atoms with Crippen molar-refractivity contribution in [2.24, 2.45) is 0 Å². The van der Waals surface area contributed by atoms with Gasteiger partial charge in [-0.25, -0.2) is 9.59 Å². The molecule has 0 bridgehead atoms. The number of fused-ring (bicyclic) bond motifs is 1. The number of phenols is 1. The van der Waals surface area contributed by atoms with Gasteiger partial charge in [0.15, 0.2) is 6.10 Å². The number of rotatable bonds is 6. The number of carbonyl (C=O) groups is 3. The van der Waals surface area contributed by atoms with E-state index < -0.39 is 40.6 Å². The molecule has 0 unspecified atom stereocenters. The monoisotopic (exact) mass is 712 g/mol. The first-order valence-corrected chi connectivity index (χ1v) is 17.6. The van der Waals surface area contributed by atoms with Crippen molar-refractivity contribution in [3.8, 4) is 5.75 Å². The van der Waals surface area contributed by atoms with Crippen molar-refractivity contribution in [3.05, 3.63) is 44.6 Å². The average Bonchev–Trinajstić information content (AvgIpc) is 3.52. The van der Waals surface area contributed by atoms with Gasteiger partial charge >= 0.3 is 18.3 Å². The van der Waals surface area contributed by atoms with E-state index in [4.69, 9.17) is 16.3 Å². The van der Waals surface area contributed by atoms with E-state index in [2.05, 4.69) is 22.2 Å². The summed E-state index contributed by atoms with van der Waals surface area (Å²) in [5.74, 6) is -1.58. The molecule has 48 heavy (non-hydrogen) atoms. The third-order valence-corrected chi connectivity index (χ3v) is 11.0. The van der Waals surface area contributed by atoms with Crippen molar-refractivity contribution in [2.45, 2.75) is 63.0 Å². The number of amides is 4. The van der Waals surface area contributed by atoms with E-state index in [1.165, 1.54) is 16.2 Å². The fraction of sp³-hybridized carbons (Fsp3) is 0.594. The second-order valence-corrected chi connectivity index (χ2v) is 14.2. The van der Waals surface area contributed by atoms with Gasteiger partial charge in [0.1, 0.15) is 5.75 Å². The number of piperidine rings is 2. The largest absolute Gasteiger partial charge is 0.506 e. The zero-order valence-electron chi connectivity index (χ0n) is 26.7. The first kappa shape index (κ1) is 34.6. The fourth-order valence-electron chi connectivity index (χ4n) is 7.07. The molecule has 2 N–H and O–H groups in total. The van der Waals surface area contributed by atoms with Gasteiger partial charge in [0.25, 0.3) is 5.91 Å². The first-order valence-electron chi connectivity index (χ1n) is 16.3. The molecule has 4 aliphatic heterocycles. The molecule has 1 aromatic carbocycles. The number of alkyl halides is 3. The zero-order valence-corrected chi connectivity index (χ0v) is 28.2. The number of hydrogen-bond donors (Lipinski definition) is 2. The molecule has 6 rings (SSSR count). The highest BCUT2D eigenvalue weighted by Crippen LogP contribution is 2.41. The quantitative estimate of drug-likeness (QED) is 0.438. The number of hydrogen-bond acceptors (Lipinski definition) is 8. The molecule has 1 aromatic heterocycles. The molecule has 0 radical (unpaired) electrons. The number of likely N-dealkylation sites (tertiary alicyclic amines) is 2. The van der Waals surface area contributed by atoms with Crippen LogP contribution in [0.5, 0.6) is 5.75 Å². The molecule has 0 spiro atoms. The van der Waals surface area contributed by atoms with E-state index in [0.717, 1.165) is 62.4 Å². The van der Waals surface area contributed by atoms with Gasteiger partial charge in [-0.1, -0.05) is 11.6 Å². The van der Waals surface area contributed by atoms with Crippen LogP contribution in [-0.2, 0) is 28.7 Å². The summed E-state index contributed by atoms with van der Waals surface area (Å²) in [5.41, 5.74) is 0.539. The number of piperazine rings is 1. The van der Waals surface area contributed by atoms with Crippen LogP contribution in [0.4, 0.5) is 28.4 Å². The number of thiophene rings is 1. The predicted octanol–water partition coefficient (Wildman–Crippen LogP) is 4.92. The topological polar surface area (TPSA) is 109 Å². The molecular weight excluding hydrogens is 673 g/mol. The highest BCUT2D eigenvalue weighted by molar-refractivity contribution is 7.08. The smallest absolute Gasteiger partial charge is 0.420 e. The van der Waals surface area contributed by atoms with Gasteiger partial charge in [0.05, 0.1) is 22.8 Å². The van der Waals surface area contributed by atoms with Crippen LogP contribution < -0.4 is 5.32 Å². The van der Waals surface area contributed by atoms with Crippen molar-refractivity contribution >= 4 is 46.7 Å². The Bertz CT molecular complexity index is 1500. The van der Waals surface area contributed by atoms with E-state index in [-0.39, 0.29) is 37.1 Å². The van der Waals surface area contributed by atoms with Crippen LogP contribution in [0.15, 0.2) is 22.9 Å². The fourth-order valence-corrected chi connectivity index (χ4v) is 8.10. The van der Waals surface area contributed by atoms with Crippen LogP contribution in [0.25, 0.3) is 0 Å². The van der Waals surface area contributed by atoms with Gasteiger partial charge in [-0.2, -0.15) is 13.2 Å². The minimum Gasteiger partial charge on any atom is -0.506 e. The Balaban J connectivity index is 1.13. The van der Waals surface area contributed by atoms with E-state index in [0.29, 0.717) is 38.5 Å². The Kier molecular flexibility index (Phi) is 10.3. The second-order valence-electron chi connectivity index (χ2n) is 13.0. The predicted molar refractivity (Wildman–Crippen MR) is 174 cm³/mol. The van der Waals surface area contributed by atoms with Crippen LogP contribution >= 0.6 is 22.9 Å². The number of anilines is 1. The molecule has 2 aromatic rings. The van der Waals surface area contributed by atoms with E-state index >= 15 is 0 Å². The summed E-state index contributed by atoms with van der Waals surface area (Å²) in [7, 11) is 2.09. The molecular formula is C32H40ClF3N6O5S. The number of phenolic OH excluding ortho intramolecular Hbond substituents is 1. The van der Waals surface area contributed by atoms with Crippen LogP contribution in [0.2, 0.25) is 5.02 Å². The van der Waals surface area contributed by atoms with E-state index in [9.17, 15) is 32.7 Å². The summed E-state index contributed by atoms with van der Waals surface area (Å²) in [6.45, 7) is 5.77. The summed E-state index contributed by atoms with van der Waals surface area (Å²) in [6, 6.07) is 1.94. The van der Waals surface area contributed by atoms with Crippen molar-refractivity contribution in [1.82, 2.24) is 24.5 Å². The number of benzene rings is 1. The maximum absolute atomic E-state index is 13.9. The SMILES string of the molecule is CN1CCN(C2CCN(C(=O)[C@@H](Cc3cc(Cl)c(O)c(C(F)(F)F)c3)OC(=O)N3CCC(N4Cc5cscc5NC4=O)CC3)CC2)CC1. The number of ether oxygens (including phenoxy) is 1. The average molecular weight is 713 g/mol. The standard InChI is InChI=1S/C32H40ClF3N6O5S/c1-38-10-12-39(13-11-38)22-2-6-40(7-3-22)29(44)27(16-20-14-24(32(34,35)36)28(43)25(33)15-20)47-31(46)41-8-4-23(5-9-41)42-17-21-18-48-19-26(21)37-30(42)45/h14-15,18-19,22-23,27,43H,2-13,16-17H2,1H3,(H,37,45)/t27-/m1/s1. The minimum atomic E-state index is -4.88. The molecule has 4 aliphatic rings. The second kappa shape index (κ2) is 14.3. The molecule has 0 saturated carbocycles. The van der Waals surface area contributed by atoms with Crippen LogP contribution in [-0.4, -0.2) is 125 Å². The maximum atomic E-state index is 13.9. The van der Waals surface area contributed by atoms with Crippen LogP contribution in [0, 0.1) is 0 Å². The number of halogens is 4. The number of nitrogens with one attached hydrogen (secondary N) is 1. The molecule has 3 fully saturated rings. The summed E-state index contributed by atoms with van der Waals surface area (Å²) < 4.78 is 46.9.